The highest BCUT2D eigenvalue weighted by atomic mass is 19.1. The Bertz CT molecular complexity index is 621. The summed E-state index contributed by atoms with van der Waals surface area (Å²) in [6.45, 7) is 1.53. The van der Waals surface area contributed by atoms with Crippen molar-refractivity contribution in [3.63, 3.8) is 0 Å². The molecule has 1 N–H and O–H groups in total. The lowest BCUT2D eigenvalue weighted by atomic mass is 9.97. The molecule has 0 aliphatic carbocycles. The molecular weight excluding hydrogens is 238 g/mol. The molecule has 0 atom stereocenters. The normalized spacial score (nSPS) is 10.4. The standard InChI is InChI=1S/C14H10F2O2/c1-8-5-11(9-3-2-4-10(15)6-9)12(14(17)18)7-13(8)16/h2-7H,1H3,(H,17,18). The van der Waals surface area contributed by atoms with Crippen molar-refractivity contribution in [2.24, 2.45) is 0 Å². The van der Waals surface area contributed by atoms with Gasteiger partial charge in [0.2, 0.25) is 0 Å². The maximum Gasteiger partial charge on any atom is 0.336 e. The van der Waals surface area contributed by atoms with Gasteiger partial charge in [-0.15, -0.1) is 0 Å². The third kappa shape index (κ3) is 2.22. The predicted molar refractivity (Wildman–Crippen MR) is 63.5 cm³/mol. The largest absolute Gasteiger partial charge is 0.478 e. The molecule has 2 nitrogen and oxygen atoms in total. The number of carbonyl (C=O) groups is 1. The van der Waals surface area contributed by atoms with Gasteiger partial charge in [-0.2, -0.15) is 0 Å². The quantitative estimate of drug-likeness (QED) is 0.880. The van der Waals surface area contributed by atoms with E-state index < -0.39 is 17.6 Å². The van der Waals surface area contributed by atoms with Crippen LogP contribution in [0.2, 0.25) is 0 Å². The Labute approximate surface area is 103 Å². The number of carboxylic acids is 1. The molecule has 0 saturated heterocycles. The van der Waals surface area contributed by atoms with Gasteiger partial charge in [-0.05, 0) is 47.9 Å². The molecule has 0 heterocycles. The van der Waals surface area contributed by atoms with Crippen molar-refractivity contribution in [1.82, 2.24) is 0 Å². The second-order valence-electron chi connectivity index (χ2n) is 3.96. The van der Waals surface area contributed by atoms with Gasteiger partial charge in [-0.1, -0.05) is 12.1 Å². The van der Waals surface area contributed by atoms with E-state index in [-0.39, 0.29) is 5.56 Å². The molecule has 0 aliphatic rings. The van der Waals surface area contributed by atoms with E-state index in [4.69, 9.17) is 5.11 Å². The Kier molecular flexibility index (Phi) is 3.10. The summed E-state index contributed by atoms with van der Waals surface area (Å²) in [7, 11) is 0. The van der Waals surface area contributed by atoms with Crippen LogP contribution in [0, 0.1) is 18.6 Å². The van der Waals surface area contributed by atoms with Gasteiger partial charge in [0.1, 0.15) is 11.6 Å². The van der Waals surface area contributed by atoms with Gasteiger partial charge in [0.05, 0.1) is 5.56 Å². The fourth-order valence-electron chi connectivity index (χ4n) is 1.75. The molecule has 4 heteroatoms. The van der Waals surface area contributed by atoms with E-state index in [1.807, 2.05) is 0 Å². The fourth-order valence-corrected chi connectivity index (χ4v) is 1.75. The first kappa shape index (κ1) is 12.2. The van der Waals surface area contributed by atoms with Crippen LogP contribution in [0.25, 0.3) is 11.1 Å². The van der Waals surface area contributed by atoms with Gasteiger partial charge < -0.3 is 5.11 Å². The number of aryl methyl sites for hydroxylation is 1. The Balaban J connectivity index is 2.69. The van der Waals surface area contributed by atoms with Gasteiger partial charge in [-0.3, -0.25) is 0 Å². The second-order valence-corrected chi connectivity index (χ2v) is 3.96. The lowest BCUT2D eigenvalue weighted by Crippen LogP contribution is -2.02. The van der Waals surface area contributed by atoms with E-state index in [1.54, 1.807) is 6.07 Å². The minimum atomic E-state index is -1.24. The van der Waals surface area contributed by atoms with Crippen LogP contribution in [-0.2, 0) is 0 Å². The molecule has 0 radical (unpaired) electrons. The monoisotopic (exact) mass is 248 g/mol. The number of hydrogen-bond acceptors (Lipinski definition) is 1. The number of aromatic carboxylic acids is 1. The summed E-state index contributed by atoms with van der Waals surface area (Å²) in [6, 6.07) is 7.92. The number of rotatable bonds is 2. The van der Waals surface area contributed by atoms with Crippen molar-refractivity contribution < 1.29 is 18.7 Å². The van der Waals surface area contributed by atoms with Crippen LogP contribution in [0.15, 0.2) is 36.4 Å². The van der Waals surface area contributed by atoms with Crippen LogP contribution in [0.5, 0.6) is 0 Å². The van der Waals surface area contributed by atoms with Crippen LogP contribution >= 0.6 is 0 Å². The zero-order chi connectivity index (χ0) is 13.3. The molecule has 0 bridgehead atoms. The topological polar surface area (TPSA) is 37.3 Å². The van der Waals surface area contributed by atoms with Gasteiger partial charge in [0.15, 0.2) is 0 Å². The third-order valence-corrected chi connectivity index (χ3v) is 2.66. The first-order chi connectivity index (χ1) is 8.49. The summed E-state index contributed by atoms with van der Waals surface area (Å²) >= 11 is 0. The van der Waals surface area contributed by atoms with Crippen LogP contribution < -0.4 is 0 Å². The summed E-state index contributed by atoms with van der Waals surface area (Å²) in [5, 5.41) is 9.05. The molecule has 2 rings (SSSR count). The zero-order valence-electron chi connectivity index (χ0n) is 9.58. The summed E-state index contributed by atoms with van der Waals surface area (Å²) in [5.74, 6) is -2.30. The van der Waals surface area contributed by atoms with Gasteiger partial charge >= 0.3 is 5.97 Å². The Morgan fingerprint density at radius 3 is 2.50 bits per heavy atom. The highest BCUT2D eigenvalue weighted by Gasteiger charge is 2.15. The van der Waals surface area contributed by atoms with E-state index in [1.165, 1.54) is 31.2 Å². The van der Waals surface area contributed by atoms with Crippen LogP contribution in [0.3, 0.4) is 0 Å². The zero-order valence-corrected chi connectivity index (χ0v) is 9.58. The molecule has 0 aromatic heterocycles. The SMILES string of the molecule is Cc1cc(-c2cccc(F)c2)c(C(=O)O)cc1F. The molecular formula is C14H10F2O2. The average molecular weight is 248 g/mol. The Morgan fingerprint density at radius 1 is 1.17 bits per heavy atom. The van der Waals surface area contributed by atoms with E-state index in [9.17, 15) is 13.6 Å². The minimum absolute atomic E-state index is 0.177. The molecule has 0 amide bonds. The summed E-state index contributed by atoms with van der Waals surface area (Å²) < 4.78 is 26.5. The van der Waals surface area contributed by atoms with E-state index >= 15 is 0 Å². The van der Waals surface area contributed by atoms with Crippen molar-refractivity contribution in [3.8, 4) is 11.1 Å². The smallest absolute Gasteiger partial charge is 0.336 e. The predicted octanol–water partition coefficient (Wildman–Crippen LogP) is 3.64. The van der Waals surface area contributed by atoms with Gasteiger partial charge in [0.25, 0.3) is 0 Å². The van der Waals surface area contributed by atoms with E-state index in [2.05, 4.69) is 0 Å². The van der Waals surface area contributed by atoms with E-state index in [0.717, 1.165) is 6.07 Å². The van der Waals surface area contributed by atoms with E-state index in [0.29, 0.717) is 16.7 Å². The highest BCUT2D eigenvalue weighted by Crippen LogP contribution is 2.27. The molecule has 2 aromatic rings. The van der Waals surface area contributed by atoms with Crippen molar-refractivity contribution >= 4 is 5.97 Å². The lowest BCUT2D eigenvalue weighted by Gasteiger charge is -2.08. The molecule has 0 unspecified atom stereocenters. The minimum Gasteiger partial charge on any atom is -0.478 e. The number of carboxylic acid groups (broad SMARTS) is 1. The molecule has 2 aromatic carbocycles. The second kappa shape index (κ2) is 4.56. The first-order valence-corrected chi connectivity index (χ1v) is 5.28. The van der Waals surface area contributed by atoms with Crippen molar-refractivity contribution in [2.45, 2.75) is 6.92 Å². The van der Waals surface area contributed by atoms with Crippen LogP contribution in [0.1, 0.15) is 15.9 Å². The van der Waals surface area contributed by atoms with Crippen molar-refractivity contribution in [1.29, 1.82) is 0 Å². The van der Waals surface area contributed by atoms with Crippen LogP contribution in [0.4, 0.5) is 8.78 Å². The molecule has 0 saturated carbocycles. The maximum absolute atomic E-state index is 13.4. The van der Waals surface area contributed by atoms with Crippen LogP contribution in [-0.4, -0.2) is 11.1 Å². The van der Waals surface area contributed by atoms with Gasteiger partial charge in [0, 0.05) is 0 Å². The average Bonchev–Trinajstić information content (AvgIpc) is 2.31. The summed E-state index contributed by atoms with van der Waals surface area (Å²) in [4.78, 5) is 11.1. The summed E-state index contributed by atoms with van der Waals surface area (Å²) in [5.41, 5.74) is 0.861. The fraction of sp³-hybridized carbons (Fsp3) is 0.0714. The molecule has 18 heavy (non-hydrogen) atoms. The van der Waals surface area contributed by atoms with Crippen molar-refractivity contribution in [2.75, 3.05) is 0 Å². The molecule has 0 aliphatic heterocycles. The number of hydrogen-bond donors (Lipinski definition) is 1. The van der Waals surface area contributed by atoms with Gasteiger partial charge in [-0.25, -0.2) is 13.6 Å². The summed E-state index contributed by atoms with van der Waals surface area (Å²) in [6.07, 6.45) is 0. The maximum atomic E-state index is 13.4. The molecule has 0 fully saturated rings. The number of halogens is 2. The molecule has 92 valence electrons. The Morgan fingerprint density at radius 2 is 1.89 bits per heavy atom. The van der Waals surface area contributed by atoms with Crippen molar-refractivity contribution in [3.05, 3.63) is 59.2 Å². The lowest BCUT2D eigenvalue weighted by molar-refractivity contribution is 0.0697. The highest BCUT2D eigenvalue weighted by molar-refractivity contribution is 5.96. The Hall–Kier alpha value is -2.23. The molecule has 0 spiro atoms. The third-order valence-electron chi connectivity index (χ3n) is 2.66. The first-order valence-electron chi connectivity index (χ1n) is 5.28. The number of benzene rings is 2.